The number of hydrogen-bond donors (Lipinski definition) is 1. The molecule has 0 amide bonds. The lowest BCUT2D eigenvalue weighted by molar-refractivity contribution is -0.137. The molecular formula is C23H20F4N4O2S. The first kappa shape index (κ1) is 22.8. The molecule has 2 aromatic carbocycles. The topological polar surface area (TPSA) is 63.4 Å². The molecule has 6 nitrogen and oxygen atoms in total. The van der Waals surface area contributed by atoms with Gasteiger partial charge in [0.1, 0.15) is 11.3 Å². The van der Waals surface area contributed by atoms with Crippen LogP contribution in [0.2, 0.25) is 0 Å². The molecule has 1 saturated heterocycles. The van der Waals surface area contributed by atoms with Gasteiger partial charge in [-0.05, 0) is 24.3 Å². The number of hydrogen-bond acceptors (Lipinski definition) is 7. The average molecular weight is 492 g/mol. The SMILES string of the molecule is Fc1ccc(C(F)(F)F)c(-c2nc3cccc(CNc4nc(CN5CCOCC5)cs4)c3o2)c1. The molecule has 5 rings (SSSR count). The molecule has 34 heavy (non-hydrogen) atoms. The lowest BCUT2D eigenvalue weighted by Gasteiger charge is -2.25. The van der Waals surface area contributed by atoms with E-state index in [2.05, 4.69) is 20.2 Å². The number of para-hydroxylation sites is 1. The van der Waals surface area contributed by atoms with Gasteiger partial charge in [-0.25, -0.2) is 14.4 Å². The fraction of sp³-hybridized carbons (Fsp3) is 0.304. The Morgan fingerprint density at radius 2 is 1.91 bits per heavy atom. The van der Waals surface area contributed by atoms with E-state index in [1.807, 2.05) is 5.38 Å². The van der Waals surface area contributed by atoms with Crippen molar-refractivity contribution < 1.29 is 26.7 Å². The molecule has 11 heteroatoms. The monoisotopic (exact) mass is 492 g/mol. The quantitative estimate of drug-likeness (QED) is 0.356. The van der Waals surface area contributed by atoms with Gasteiger partial charge in [0.15, 0.2) is 10.7 Å². The van der Waals surface area contributed by atoms with Gasteiger partial charge in [0, 0.05) is 37.1 Å². The summed E-state index contributed by atoms with van der Waals surface area (Å²) in [7, 11) is 0. The van der Waals surface area contributed by atoms with E-state index in [-0.39, 0.29) is 5.89 Å². The number of benzene rings is 2. The van der Waals surface area contributed by atoms with Crippen molar-refractivity contribution in [2.75, 3.05) is 31.6 Å². The van der Waals surface area contributed by atoms with Crippen molar-refractivity contribution in [2.45, 2.75) is 19.3 Å². The van der Waals surface area contributed by atoms with E-state index >= 15 is 0 Å². The maximum absolute atomic E-state index is 13.8. The first-order valence-electron chi connectivity index (χ1n) is 10.6. The number of alkyl halides is 3. The van der Waals surface area contributed by atoms with E-state index in [1.54, 1.807) is 18.2 Å². The molecule has 1 aliphatic heterocycles. The van der Waals surface area contributed by atoms with Gasteiger partial charge in [-0.1, -0.05) is 12.1 Å². The number of halogens is 4. The molecule has 2 aromatic heterocycles. The summed E-state index contributed by atoms with van der Waals surface area (Å²) >= 11 is 1.48. The van der Waals surface area contributed by atoms with Crippen molar-refractivity contribution in [3.05, 3.63) is 64.4 Å². The second-order valence-corrected chi connectivity index (χ2v) is 8.72. The minimum Gasteiger partial charge on any atom is -0.436 e. The lowest BCUT2D eigenvalue weighted by Crippen LogP contribution is -2.35. The molecule has 0 spiro atoms. The zero-order valence-electron chi connectivity index (χ0n) is 17.9. The molecule has 0 radical (unpaired) electrons. The molecule has 0 aliphatic carbocycles. The summed E-state index contributed by atoms with van der Waals surface area (Å²) in [6.45, 7) is 4.27. The minimum absolute atomic E-state index is 0.281. The summed E-state index contributed by atoms with van der Waals surface area (Å²) in [6, 6.07) is 7.43. The molecule has 1 aliphatic rings. The van der Waals surface area contributed by atoms with Crippen molar-refractivity contribution in [2.24, 2.45) is 0 Å². The number of nitrogens with zero attached hydrogens (tertiary/aromatic N) is 3. The van der Waals surface area contributed by atoms with E-state index in [1.165, 1.54) is 11.3 Å². The highest BCUT2D eigenvalue weighted by atomic mass is 32.1. The summed E-state index contributed by atoms with van der Waals surface area (Å²) in [6.07, 6.45) is -4.67. The summed E-state index contributed by atoms with van der Waals surface area (Å²) in [4.78, 5) is 11.1. The number of rotatable bonds is 6. The van der Waals surface area contributed by atoms with E-state index < -0.39 is 23.1 Å². The third-order valence-corrected chi connectivity index (χ3v) is 6.33. The van der Waals surface area contributed by atoms with Crippen LogP contribution in [0.25, 0.3) is 22.6 Å². The zero-order chi connectivity index (χ0) is 23.7. The number of ether oxygens (including phenoxy) is 1. The second kappa shape index (κ2) is 9.32. The summed E-state index contributed by atoms with van der Waals surface area (Å²) in [5, 5.41) is 5.96. The van der Waals surface area contributed by atoms with Crippen molar-refractivity contribution >= 4 is 27.6 Å². The Morgan fingerprint density at radius 1 is 1.09 bits per heavy atom. The van der Waals surface area contributed by atoms with Crippen molar-refractivity contribution in [3.8, 4) is 11.5 Å². The molecule has 0 saturated carbocycles. The highest BCUT2D eigenvalue weighted by Crippen LogP contribution is 2.38. The summed E-state index contributed by atoms with van der Waals surface area (Å²) < 4.78 is 65.2. The van der Waals surface area contributed by atoms with Crippen LogP contribution in [-0.4, -0.2) is 41.2 Å². The number of thiazole rings is 1. The maximum atomic E-state index is 13.8. The van der Waals surface area contributed by atoms with Gasteiger partial charge in [0.25, 0.3) is 0 Å². The van der Waals surface area contributed by atoms with Crippen LogP contribution in [0.3, 0.4) is 0 Å². The van der Waals surface area contributed by atoms with Gasteiger partial charge < -0.3 is 14.5 Å². The minimum atomic E-state index is -4.67. The Labute approximate surface area is 196 Å². The van der Waals surface area contributed by atoms with Crippen molar-refractivity contribution in [1.82, 2.24) is 14.9 Å². The largest absolute Gasteiger partial charge is 0.436 e. The predicted octanol–water partition coefficient (Wildman–Crippen LogP) is 5.55. The van der Waals surface area contributed by atoms with E-state index in [0.717, 1.165) is 55.8 Å². The van der Waals surface area contributed by atoms with E-state index in [4.69, 9.17) is 9.15 Å². The molecule has 0 bridgehead atoms. The fourth-order valence-electron chi connectivity index (χ4n) is 3.82. The third-order valence-electron chi connectivity index (χ3n) is 5.49. The average Bonchev–Trinajstić information content (AvgIpc) is 3.44. The van der Waals surface area contributed by atoms with Crippen LogP contribution < -0.4 is 5.32 Å². The molecule has 1 N–H and O–H groups in total. The molecular weight excluding hydrogens is 472 g/mol. The van der Waals surface area contributed by atoms with Crippen LogP contribution in [0.4, 0.5) is 22.7 Å². The smallest absolute Gasteiger partial charge is 0.417 e. The van der Waals surface area contributed by atoms with Gasteiger partial charge in [0.2, 0.25) is 5.89 Å². The Hall–Kier alpha value is -3.02. The van der Waals surface area contributed by atoms with E-state index in [9.17, 15) is 17.6 Å². The maximum Gasteiger partial charge on any atom is 0.417 e. The Balaban J connectivity index is 1.36. The van der Waals surface area contributed by atoms with Gasteiger partial charge in [-0.3, -0.25) is 4.90 Å². The predicted molar refractivity (Wildman–Crippen MR) is 120 cm³/mol. The fourth-order valence-corrected chi connectivity index (χ4v) is 4.52. The molecule has 0 unspecified atom stereocenters. The van der Waals surface area contributed by atoms with Crippen LogP contribution in [0, 0.1) is 5.82 Å². The van der Waals surface area contributed by atoms with Crippen LogP contribution >= 0.6 is 11.3 Å². The molecule has 3 heterocycles. The Kier molecular flexibility index (Phi) is 6.24. The van der Waals surface area contributed by atoms with Crippen LogP contribution in [-0.2, 0) is 24.0 Å². The first-order chi connectivity index (χ1) is 16.4. The highest BCUT2D eigenvalue weighted by Gasteiger charge is 2.35. The van der Waals surface area contributed by atoms with Gasteiger partial charge >= 0.3 is 6.18 Å². The second-order valence-electron chi connectivity index (χ2n) is 7.86. The van der Waals surface area contributed by atoms with Gasteiger partial charge in [-0.15, -0.1) is 11.3 Å². The Morgan fingerprint density at radius 3 is 2.71 bits per heavy atom. The highest BCUT2D eigenvalue weighted by molar-refractivity contribution is 7.13. The number of aromatic nitrogens is 2. The molecule has 0 atom stereocenters. The molecule has 178 valence electrons. The number of anilines is 1. The van der Waals surface area contributed by atoms with Crippen molar-refractivity contribution in [1.29, 1.82) is 0 Å². The van der Waals surface area contributed by atoms with Crippen LogP contribution in [0.5, 0.6) is 0 Å². The standard InChI is InChI=1S/C23H20F4N4O2S/c24-15-4-5-18(23(25,26)27)17(10-15)21-30-19-3-1-2-14(20(19)33-21)11-28-22-29-16(13-34-22)12-31-6-8-32-9-7-31/h1-5,10,13H,6-9,11-12H2,(H,28,29). The van der Waals surface area contributed by atoms with Crippen LogP contribution in [0.15, 0.2) is 46.2 Å². The van der Waals surface area contributed by atoms with E-state index in [0.29, 0.717) is 29.3 Å². The summed E-state index contributed by atoms with van der Waals surface area (Å²) in [5.74, 6) is -1.08. The molecule has 4 aromatic rings. The Bertz CT molecular complexity index is 1300. The number of nitrogens with one attached hydrogen (secondary N) is 1. The first-order valence-corrected chi connectivity index (χ1v) is 11.5. The normalized spacial score (nSPS) is 15.2. The molecule has 1 fully saturated rings. The van der Waals surface area contributed by atoms with Gasteiger partial charge in [-0.2, -0.15) is 13.2 Å². The van der Waals surface area contributed by atoms with Crippen molar-refractivity contribution in [3.63, 3.8) is 0 Å². The zero-order valence-corrected chi connectivity index (χ0v) is 18.7. The number of fused-ring (bicyclic) bond motifs is 1. The van der Waals surface area contributed by atoms with Gasteiger partial charge in [0.05, 0.1) is 30.0 Å². The summed E-state index contributed by atoms with van der Waals surface area (Å²) in [5.41, 5.74) is 0.948. The van der Waals surface area contributed by atoms with Crippen LogP contribution in [0.1, 0.15) is 16.8 Å². The third kappa shape index (κ3) is 4.91. The number of morpholine rings is 1. The number of oxazole rings is 1. The lowest BCUT2D eigenvalue weighted by atomic mass is 10.1.